The van der Waals surface area contributed by atoms with Crippen molar-refractivity contribution in [3.63, 3.8) is 0 Å². The molecule has 0 rings (SSSR count). The molecule has 4 heteroatoms. The van der Waals surface area contributed by atoms with Gasteiger partial charge < -0.3 is 4.53 Å². The average Bonchev–Trinajstić information content (AvgIpc) is 1.63. The molecule has 0 aromatic carbocycles. The summed E-state index contributed by atoms with van der Waals surface area (Å²) in [6.45, 7) is 8.73. The molecule has 2 radical (unpaired) electrons. The third kappa shape index (κ3) is 4.83. The molecular formula is C5H15NOSi2. The fraction of sp³-hybridized carbons (Fsp3) is 1.00. The van der Waals surface area contributed by atoms with Gasteiger partial charge in [0.25, 0.3) is 0 Å². The molecule has 0 aromatic rings. The van der Waals surface area contributed by atoms with E-state index in [1.165, 1.54) is 0 Å². The molecule has 0 saturated carbocycles. The summed E-state index contributed by atoms with van der Waals surface area (Å²) in [5, 5.41) is 0. The molecule has 0 unspecified atom stereocenters. The Morgan fingerprint density at radius 1 is 1.11 bits per heavy atom. The zero-order valence-electron chi connectivity index (χ0n) is 6.86. The highest BCUT2D eigenvalue weighted by molar-refractivity contribution is 6.54. The minimum atomic E-state index is -0.527. The van der Waals surface area contributed by atoms with Crippen LogP contribution in [-0.4, -0.2) is 29.8 Å². The Morgan fingerprint density at radius 2 is 1.56 bits per heavy atom. The summed E-state index contributed by atoms with van der Waals surface area (Å²) in [6, 6.07) is 0. The molecule has 2 nitrogen and oxygen atoms in total. The highest BCUT2D eigenvalue weighted by Gasteiger charge is 2.07. The van der Waals surface area contributed by atoms with E-state index in [1.54, 1.807) is 0 Å². The zero-order valence-corrected chi connectivity index (χ0v) is 8.86. The zero-order chi connectivity index (χ0) is 7.44. The van der Waals surface area contributed by atoms with Crippen LogP contribution in [0.15, 0.2) is 0 Å². The van der Waals surface area contributed by atoms with Crippen LogP contribution in [0.3, 0.4) is 0 Å². The monoisotopic (exact) mass is 161 g/mol. The first-order valence-corrected chi connectivity index (χ1v) is 7.91. The van der Waals surface area contributed by atoms with E-state index in [-0.39, 0.29) is 8.96 Å². The van der Waals surface area contributed by atoms with Crippen molar-refractivity contribution in [2.24, 2.45) is 0 Å². The third-order valence-corrected chi connectivity index (χ3v) is 3.12. The van der Waals surface area contributed by atoms with Gasteiger partial charge in [0.15, 0.2) is 8.96 Å². The first-order chi connectivity index (χ1) is 4.04. The van der Waals surface area contributed by atoms with Crippen LogP contribution in [0.5, 0.6) is 0 Å². The average molecular weight is 161 g/mol. The number of nitrogens with zero attached hydrogens (tertiary/aromatic N) is 1. The fourth-order valence-corrected chi connectivity index (χ4v) is 2.19. The molecule has 54 valence electrons. The van der Waals surface area contributed by atoms with Crippen LogP contribution in [0.25, 0.3) is 0 Å². The summed E-state index contributed by atoms with van der Waals surface area (Å²) in [5.41, 5.74) is 0. The van der Waals surface area contributed by atoms with Gasteiger partial charge in [0.1, 0.15) is 0 Å². The number of hydrogen-bond acceptors (Lipinski definition) is 2. The molecule has 0 fully saturated rings. The molecule has 0 amide bonds. The van der Waals surface area contributed by atoms with Crippen LogP contribution in [0.4, 0.5) is 0 Å². The largest absolute Gasteiger partial charge is 0.351 e. The van der Waals surface area contributed by atoms with Gasteiger partial charge in [0, 0.05) is 7.05 Å². The Morgan fingerprint density at radius 3 is 1.67 bits per heavy atom. The molecule has 0 bridgehead atoms. The third-order valence-electron chi connectivity index (χ3n) is 0.949. The first-order valence-electron chi connectivity index (χ1n) is 3.06. The molecule has 0 atom stereocenters. The maximum Gasteiger partial charge on any atom is 0.234 e. The second-order valence-corrected chi connectivity index (χ2v) is 6.97. The Kier molecular flexibility index (Phi) is 4.38. The summed E-state index contributed by atoms with van der Waals surface area (Å²) in [4.78, 5) is 0. The number of rotatable bonds is 3. The minimum Gasteiger partial charge on any atom is -0.351 e. The lowest BCUT2D eigenvalue weighted by molar-refractivity contribution is 0.0567. The van der Waals surface area contributed by atoms with Crippen molar-refractivity contribution in [1.82, 2.24) is 4.73 Å². The van der Waals surface area contributed by atoms with E-state index in [0.29, 0.717) is 0 Å². The second kappa shape index (κ2) is 4.21. The predicted molar refractivity (Wildman–Crippen MR) is 43.8 cm³/mol. The van der Waals surface area contributed by atoms with Crippen LogP contribution >= 0.6 is 0 Å². The Balaban J connectivity index is 3.38. The molecule has 0 aliphatic heterocycles. The number of hydrogen-bond donors (Lipinski definition) is 0. The van der Waals surface area contributed by atoms with Gasteiger partial charge in [-0.3, -0.25) is 0 Å². The molecule has 0 aromatic heterocycles. The second-order valence-electron chi connectivity index (χ2n) is 2.44. The summed E-state index contributed by atoms with van der Waals surface area (Å²) in [6.07, 6.45) is 0. The summed E-state index contributed by atoms with van der Waals surface area (Å²) >= 11 is 0. The SMILES string of the molecule is CN(O[Si](C)C)[Si](C)C. The van der Waals surface area contributed by atoms with Gasteiger partial charge in [-0.2, -0.15) is 0 Å². The molecule has 9 heavy (non-hydrogen) atoms. The number of hydroxylamine groups is 1. The van der Waals surface area contributed by atoms with Crippen molar-refractivity contribution in [2.75, 3.05) is 7.05 Å². The van der Waals surface area contributed by atoms with E-state index in [0.717, 1.165) is 0 Å². The van der Waals surface area contributed by atoms with Gasteiger partial charge in [0.05, 0.1) is 0 Å². The summed E-state index contributed by atoms with van der Waals surface area (Å²) < 4.78 is 7.50. The maximum atomic E-state index is 5.49. The van der Waals surface area contributed by atoms with E-state index in [2.05, 4.69) is 26.2 Å². The van der Waals surface area contributed by atoms with Crippen LogP contribution in [-0.2, 0) is 4.53 Å². The molecule has 0 N–H and O–H groups in total. The minimum absolute atomic E-state index is 0.371. The van der Waals surface area contributed by atoms with Crippen molar-refractivity contribution in [1.29, 1.82) is 0 Å². The molecular weight excluding hydrogens is 146 g/mol. The van der Waals surface area contributed by atoms with E-state index in [4.69, 9.17) is 4.53 Å². The van der Waals surface area contributed by atoms with Crippen molar-refractivity contribution >= 4 is 18.0 Å². The lowest BCUT2D eigenvalue weighted by Gasteiger charge is -2.21. The summed E-state index contributed by atoms with van der Waals surface area (Å²) in [5.74, 6) is 0. The molecule has 0 aliphatic carbocycles. The predicted octanol–water partition coefficient (Wildman–Crippen LogP) is 1.35. The lowest BCUT2D eigenvalue weighted by Crippen LogP contribution is -2.34. The van der Waals surface area contributed by atoms with Gasteiger partial charge in [-0.15, -0.1) is 0 Å². The first kappa shape index (κ1) is 9.35. The fourth-order valence-electron chi connectivity index (χ4n) is 0.365. The van der Waals surface area contributed by atoms with Crippen molar-refractivity contribution in [3.05, 3.63) is 0 Å². The van der Waals surface area contributed by atoms with Crippen molar-refractivity contribution in [3.8, 4) is 0 Å². The Hall–Kier alpha value is 0.354. The van der Waals surface area contributed by atoms with Crippen LogP contribution < -0.4 is 0 Å². The van der Waals surface area contributed by atoms with Gasteiger partial charge in [-0.05, 0) is 13.1 Å². The van der Waals surface area contributed by atoms with Crippen molar-refractivity contribution < 1.29 is 4.53 Å². The highest BCUT2D eigenvalue weighted by atomic mass is 28.3. The van der Waals surface area contributed by atoms with Crippen molar-refractivity contribution in [2.45, 2.75) is 26.2 Å². The molecule has 0 saturated heterocycles. The quantitative estimate of drug-likeness (QED) is 0.458. The Bertz CT molecular complexity index is 77.4. The highest BCUT2D eigenvalue weighted by Crippen LogP contribution is 1.93. The topological polar surface area (TPSA) is 12.5 Å². The van der Waals surface area contributed by atoms with Crippen LogP contribution in [0.1, 0.15) is 0 Å². The van der Waals surface area contributed by atoms with Crippen LogP contribution in [0.2, 0.25) is 26.2 Å². The summed E-state index contributed by atoms with van der Waals surface area (Å²) in [7, 11) is 1.12. The van der Waals surface area contributed by atoms with E-state index >= 15 is 0 Å². The van der Waals surface area contributed by atoms with E-state index in [9.17, 15) is 0 Å². The Labute approximate surface area is 61.2 Å². The molecule has 0 heterocycles. The lowest BCUT2D eigenvalue weighted by atomic mass is 11.5. The maximum absolute atomic E-state index is 5.49. The van der Waals surface area contributed by atoms with Gasteiger partial charge >= 0.3 is 0 Å². The van der Waals surface area contributed by atoms with Gasteiger partial charge in [-0.25, -0.2) is 4.73 Å². The standard InChI is InChI=1S/C5H15NOSi2/c1-6(8(2)3)7-9(4)5/h1-5H3. The smallest absolute Gasteiger partial charge is 0.234 e. The van der Waals surface area contributed by atoms with Gasteiger partial charge in [0.2, 0.25) is 9.04 Å². The van der Waals surface area contributed by atoms with Gasteiger partial charge in [-0.1, -0.05) is 13.1 Å². The van der Waals surface area contributed by atoms with E-state index in [1.807, 2.05) is 11.8 Å². The normalized spacial score (nSPS) is 12.0. The van der Waals surface area contributed by atoms with Crippen LogP contribution in [0, 0.1) is 0 Å². The molecule has 0 aliphatic rings. The molecule has 0 spiro atoms. The van der Waals surface area contributed by atoms with E-state index < -0.39 is 9.04 Å².